The summed E-state index contributed by atoms with van der Waals surface area (Å²) >= 11 is 3.40. The number of nitrogen functional groups attached to an aromatic ring is 1. The first-order valence-electron chi connectivity index (χ1n) is 6.58. The van der Waals surface area contributed by atoms with Crippen LogP contribution in [0, 0.1) is 0 Å². The summed E-state index contributed by atoms with van der Waals surface area (Å²) in [6.07, 6.45) is 1.42. The first-order valence-corrected chi connectivity index (χ1v) is 9.03. The number of nitrogens with two attached hydrogens (primary N) is 1. The van der Waals surface area contributed by atoms with Gasteiger partial charge in [0.05, 0.1) is 15.1 Å². The minimum absolute atomic E-state index is 0.0244. The van der Waals surface area contributed by atoms with Gasteiger partial charge in [-0.1, -0.05) is 28.6 Å². The summed E-state index contributed by atoms with van der Waals surface area (Å²) in [5.41, 5.74) is 6.39. The molecule has 0 atom stereocenters. The Hall–Kier alpha value is -2.30. The van der Waals surface area contributed by atoms with Crippen LogP contribution in [0.2, 0.25) is 0 Å². The Morgan fingerprint density at radius 1 is 1.29 bits per heavy atom. The van der Waals surface area contributed by atoms with Crippen LogP contribution in [0.3, 0.4) is 0 Å². The lowest BCUT2D eigenvalue weighted by Crippen LogP contribution is -2.12. The van der Waals surface area contributed by atoms with Gasteiger partial charge in [0, 0.05) is 13.1 Å². The SMILES string of the molecule is CC(=O)O/N=C(\C(=O)Sc1nc2ccccc2s1)c1cnc(N)s1. The van der Waals surface area contributed by atoms with E-state index in [1.807, 2.05) is 24.3 Å². The molecule has 0 unspecified atom stereocenters. The molecule has 122 valence electrons. The van der Waals surface area contributed by atoms with E-state index >= 15 is 0 Å². The van der Waals surface area contributed by atoms with Crippen molar-refractivity contribution in [3.63, 3.8) is 0 Å². The van der Waals surface area contributed by atoms with Gasteiger partial charge in [-0.05, 0) is 23.9 Å². The molecule has 0 saturated carbocycles. The second kappa shape index (κ2) is 7.07. The number of thiazole rings is 2. The van der Waals surface area contributed by atoms with Crippen LogP contribution in [0.15, 0.2) is 40.0 Å². The number of aromatic nitrogens is 2. The van der Waals surface area contributed by atoms with Gasteiger partial charge in [0.15, 0.2) is 15.2 Å². The van der Waals surface area contributed by atoms with Gasteiger partial charge in [-0.2, -0.15) is 0 Å². The van der Waals surface area contributed by atoms with Gasteiger partial charge in [0.1, 0.15) is 0 Å². The van der Waals surface area contributed by atoms with Crippen molar-refractivity contribution in [1.29, 1.82) is 0 Å². The Morgan fingerprint density at radius 3 is 2.75 bits per heavy atom. The van der Waals surface area contributed by atoms with Crippen molar-refractivity contribution in [3.8, 4) is 0 Å². The number of thioether (sulfide) groups is 1. The van der Waals surface area contributed by atoms with E-state index in [1.165, 1.54) is 24.5 Å². The second-order valence-corrected chi connectivity index (χ2v) is 7.74. The molecule has 3 aromatic rings. The van der Waals surface area contributed by atoms with Crippen molar-refractivity contribution in [2.75, 3.05) is 5.73 Å². The quantitative estimate of drug-likeness (QED) is 0.322. The molecule has 0 aliphatic heterocycles. The molecular formula is C14H10N4O3S3. The van der Waals surface area contributed by atoms with Crippen molar-refractivity contribution < 1.29 is 14.4 Å². The van der Waals surface area contributed by atoms with Crippen molar-refractivity contribution in [1.82, 2.24) is 9.97 Å². The topological polar surface area (TPSA) is 108 Å². The number of fused-ring (bicyclic) bond motifs is 1. The number of carbonyl (C=O) groups excluding carboxylic acids is 2. The molecule has 3 rings (SSSR count). The molecule has 0 aliphatic rings. The van der Waals surface area contributed by atoms with E-state index in [9.17, 15) is 9.59 Å². The van der Waals surface area contributed by atoms with E-state index in [0.717, 1.165) is 33.3 Å². The van der Waals surface area contributed by atoms with Gasteiger partial charge in [-0.25, -0.2) is 14.8 Å². The maximum absolute atomic E-state index is 12.6. The van der Waals surface area contributed by atoms with Crippen LogP contribution in [0.1, 0.15) is 11.8 Å². The molecule has 24 heavy (non-hydrogen) atoms. The fourth-order valence-electron chi connectivity index (χ4n) is 1.71. The minimum Gasteiger partial charge on any atom is -0.375 e. The highest BCUT2D eigenvalue weighted by molar-refractivity contribution is 8.16. The Balaban J connectivity index is 1.87. The smallest absolute Gasteiger partial charge is 0.332 e. The Bertz CT molecular complexity index is 915. The lowest BCUT2D eigenvalue weighted by molar-refractivity contribution is -0.140. The number of benzene rings is 1. The number of carbonyl (C=O) groups is 2. The molecule has 0 spiro atoms. The Kier molecular flexibility index (Phi) is 4.88. The fraction of sp³-hybridized carbons (Fsp3) is 0.0714. The van der Waals surface area contributed by atoms with Gasteiger partial charge < -0.3 is 10.6 Å². The normalized spacial score (nSPS) is 11.6. The lowest BCUT2D eigenvalue weighted by Gasteiger charge is -2.00. The third-order valence-corrected chi connectivity index (χ3v) is 5.48. The van der Waals surface area contributed by atoms with Crippen molar-refractivity contribution in [3.05, 3.63) is 35.3 Å². The van der Waals surface area contributed by atoms with Crippen LogP contribution in [-0.2, 0) is 14.4 Å². The van der Waals surface area contributed by atoms with Gasteiger partial charge in [-0.3, -0.25) is 4.79 Å². The number of nitrogens with zero attached hydrogens (tertiary/aromatic N) is 3. The summed E-state index contributed by atoms with van der Waals surface area (Å²) in [6, 6.07) is 7.59. The van der Waals surface area contributed by atoms with E-state index in [1.54, 1.807) is 0 Å². The molecule has 0 aliphatic carbocycles. The average Bonchev–Trinajstić information content (AvgIpc) is 3.12. The highest BCUT2D eigenvalue weighted by Gasteiger charge is 2.21. The van der Waals surface area contributed by atoms with Crippen molar-refractivity contribution >= 4 is 66.6 Å². The molecule has 0 saturated heterocycles. The van der Waals surface area contributed by atoms with Crippen molar-refractivity contribution in [2.24, 2.45) is 5.16 Å². The van der Waals surface area contributed by atoms with Crippen LogP contribution >= 0.6 is 34.4 Å². The van der Waals surface area contributed by atoms with Crippen LogP contribution in [0.5, 0.6) is 0 Å². The van der Waals surface area contributed by atoms with Gasteiger partial charge in [0.2, 0.25) is 5.12 Å². The second-order valence-electron chi connectivity index (χ2n) is 4.42. The minimum atomic E-state index is -0.622. The molecule has 7 nitrogen and oxygen atoms in total. The monoisotopic (exact) mass is 378 g/mol. The number of hydrogen-bond donors (Lipinski definition) is 1. The highest BCUT2D eigenvalue weighted by atomic mass is 32.2. The van der Waals surface area contributed by atoms with Crippen LogP contribution in [0.25, 0.3) is 10.2 Å². The molecule has 0 radical (unpaired) electrons. The zero-order valence-electron chi connectivity index (χ0n) is 12.3. The Labute approximate surface area is 148 Å². The van der Waals surface area contributed by atoms with E-state index in [4.69, 9.17) is 5.73 Å². The first kappa shape index (κ1) is 16.6. The summed E-state index contributed by atoms with van der Waals surface area (Å²) in [4.78, 5) is 36.9. The number of hydrogen-bond acceptors (Lipinski definition) is 10. The molecule has 2 N–H and O–H groups in total. The number of anilines is 1. The number of para-hydroxylation sites is 1. The standard InChI is InChI=1S/C14H10N4O3S3/c1-7(19)21-18-11(10-6-16-13(15)22-10)12(20)24-14-17-8-4-2-3-5-9(8)23-14/h2-6H,1H3,(H2,15,16)/b18-11-. The fourth-order valence-corrected chi connectivity index (χ4v) is 4.35. The number of rotatable bonds is 4. The van der Waals surface area contributed by atoms with Crippen LogP contribution in [-0.4, -0.2) is 26.8 Å². The summed E-state index contributed by atoms with van der Waals surface area (Å²) in [5, 5.41) is 3.53. The third kappa shape index (κ3) is 3.78. The van der Waals surface area contributed by atoms with Crippen LogP contribution < -0.4 is 5.73 Å². The maximum atomic E-state index is 12.6. The largest absolute Gasteiger partial charge is 0.375 e. The number of oxime groups is 1. The zero-order chi connectivity index (χ0) is 17.1. The molecular weight excluding hydrogens is 368 g/mol. The third-order valence-electron chi connectivity index (χ3n) is 2.67. The van der Waals surface area contributed by atoms with Gasteiger partial charge in [-0.15, -0.1) is 11.3 Å². The maximum Gasteiger partial charge on any atom is 0.332 e. The molecule has 2 aromatic heterocycles. The van der Waals surface area contributed by atoms with E-state index < -0.39 is 11.1 Å². The summed E-state index contributed by atoms with van der Waals surface area (Å²) < 4.78 is 1.56. The molecule has 0 amide bonds. The summed E-state index contributed by atoms with van der Waals surface area (Å²) in [7, 11) is 0. The average molecular weight is 378 g/mol. The predicted octanol–water partition coefficient (Wildman–Crippen LogP) is 2.92. The molecule has 1 aromatic carbocycles. The van der Waals surface area contributed by atoms with E-state index in [0.29, 0.717) is 14.3 Å². The van der Waals surface area contributed by atoms with Gasteiger partial charge in [0.25, 0.3) is 0 Å². The van der Waals surface area contributed by atoms with Gasteiger partial charge >= 0.3 is 5.97 Å². The zero-order valence-corrected chi connectivity index (χ0v) is 14.7. The summed E-state index contributed by atoms with van der Waals surface area (Å²) in [5.74, 6) is -0.622. The molecule has 2 heterocycles. The molecule has 10 heteroatoms. The molecule has 0 fully saturated rings. The van der Waals surface area contributed by atoms with Crippen molar-refractivity contribution in [2.45, 2.75) is 11.3 Å². The lowest BCUT2D eigenvalue weighted by atomic mass is 10.3. The highest BCUT2D eigenvalue weighted by Crippen LogP contribution is 2.31. The molecule has 0 bridgehead atoms. The van der Waals surface area contributed by atoms with E-state index in [2.05, 4.69) is 20.0 Å². The first-order chi connectivity index (χ1) is 11.5. The Morgan fingerprint density at radius 2 is 2.08 bits per heavy atom. The van der Waals surface area contributed by atoms with E-state index in [-0.39, 0.29) is 5.71 Å². The van der Waals surface area contributed by atoms with Crippen LogP contribution in [0.4, 0.5) is 5.13 Å². The predicted molar refractivity (Wildman–Crippen MR) is 95.3 cm³/mol. The summed E-state index contributed by atoms with van der Waals surface area (Å²) in [6.45, 7) is 1.20.